The van der Waals surface area contributed by atoms with Crippen molar-refractivity contribution in [3.63, 3.8) is 0 Å². The van der Waals surface area contributed by atoms with E-state index in [1.807, 2.05) is 33.8 Å². The third kappa shape index (κ3) is 8.11. The summed E-state index contributed by atoms with van der Waals surface area (Å²) in [6.07, 6.45) is 12.1. The number of carbonyl (C=O) groups excluding carboxylic acids is 3. The van der Waals surface area contributed by atoms with E-state index in [2.05, 4.69) is 32.8 Å². The number of nitrogens with two attached hydrogens (primary N) is 1. The minimum atomic E-state index is -0.522. The maximum atomic E-state index is 13.8. The Hall–Kier alpha value is -4.82. The number of fused-ring (bicyclic) bond motifs is 4. The number of hydrogen-bond donors (Lipinski definition) is 4. The fraction of sp³-hybridized carbons (Fsp3) is 0.588. The summed E-state index contributed by atoms with van der Waals surface area (Å²) in [6.45, 7) is 9.65. The lowest BCUT2D eigenvalue weighted by molar-refractivity contribution is -0.144. The predicted molar refractivity (Wildman–Crippen MR) is 246 cm³/mol. The van der Waals surface area contributed by atoms with Crippen LogP contribution in [0.1, 0.15) is 98.8 Å². The second-order valence-corrected chi connectivity index (χ2v) is 22.6. The number of rotatable bonds is 11. The van der Waals surface area contributed by atoms with Gasteiger partial charge in [0.1, 0.15) is 28.7 Å². The summed E-state index contributed by atoms with van der Waals surface area (Å²) in [5, 5.41) is 11.0. The van der Waals surface area contributed by atoms with Crippen LogP contribution < -0.4 is 31.2 Å². The van der Waals surface area contributed by atoms with Crippen molar-refractivity contribution < 1.29 is 37.4 Å². The van der Waals surface area contributed by atoms with E-state index in [1.165, 1.54) is 24.3 Å². The SMILES string of the molecule is CC(C(=O)NC12CC(N)(C1)C2)C1[C@H]2CC(Oc3ccnc4ccc(F)cc34)C[C@@H]12.CC(C(=O)NC12CC(NC(=O)OC(C)(C)C)(C1)C2)C1[C@H]2CC(Oc3ccnc4ccc(F)cc34)C[C@@H]12.Cl. The van der Waals surface area contributed by atoms with Gasteiger partial charge in [-0.2, -0.15) is 0 Å². The van der Waals surface area contributed by atoms with Crippen LogP contribution in [0.3, 0.4) is 0 Å². The summed E-state index contributed by atoms with van der Waals surface area (Å²) in [6, 6.07) is 12.7. The Morgan fingerprint density at radius 1 is 0.652 bits per heavy atom. The van der Waals surface area contributed by atoms with Gasteiger partial charge in [0.25, 0.3) is 0 Å². The molecule has 4 bridgehead atoms. The Labute approximate surface area is 390 Å². The van der Waals surface area contributed by atoms with E-state index in [0.29, 0.717) is 57.8 Å². The molecule has 12 nitrogen and oxygen atoms in total. The van der Waals surface area contributed by atoms with E-state index in [1.54, 1.807) is 30.6 Å². The van der Waals surface area contributed by atoms with Gasteiger partial charge in [-0.1, -0.05) is 13.8 Å². The van der Waals surface area contributed by atoms with Crippen molar-refractivity contribution in [3.8, 4) is 11.5 Å². The normalized spacial score (nSPS) is 36.4. The molecular formula is C51H61ClF2N6O6. The van der Waals surface area contributed by atoms with Crippen LogP contribution in [0.4, 0.5) is 13.6 Å². The van der Waals surface area contributed by atoms with Gasteiger partial charge in [-0.05, 0) is 169 Å². The van der Waals surface area contributed by atoms with Gasteiger partial charge >= 0.3 is 6.09 Å². The number of hydrogen-bond acceptors (Lipinski definition) is 9. The molecule has 2 aromatic heterocycles. The molecule has 3 amide bonds. The smallest absolute Gasteiger partial charge is 0.408 e. The average Bonchev–Trinajstić information content (AvgIpc) is 3.92. The van der Waals surface area contributed by atoms with E-state index < -0.39 is 5.60 Å². The van der Waals surface area contributed by atoms with Crippen molar-refractivity contribution in [3.05, 3.63) is 72.6 Å². The minimum absolute atomic E-state index is 0. The monoisotopic (exact) mass is 926 g/mol. The van der Waals surface area contributed by atoms with Gasteiger partial charge in [-0.15, -0.1) is 12.4 Å². The van der Waals surface area contributed by atoms with E-state index >= 15 is 0 Å². The summed E-state index contributed by atoms with van der Waals surface area (Å²) in [5.41, 5.74) is 6.66. The lowest BCUT2D eigenvalue weighted by Crippen LogP contribution is -2.84. The summed E-state index contributed by atoms with van der Waals surface area (Å²) < 4.78 is 45.3. The number of alkyl carbamates (subject to hydrolysis) is 1. The molecule has 10 fully saturated rings. The van der Waals surface area contributed by atoms with Crippen LogP contribution in [-0.2, 0) is 14.3 Å². The number of nitrogens with one attached hydrogen (secondary N) is 3. The topological polar surface area (TPSA) is 167 Å². The number of amides is 3. The third-order valence-corrected chi connectivity index (χ3v) is 16.5. The molecule has 352 valence electrons. The van der Waals surface area contributed by atoms with E-state index in [-0.39, 0.29) is 88.1 Å². The van der Waals surface area contributed by atoms with Gasteiger partial charge in [0.05, 0.1) is 28.8 Å². The molecule has 5 N–H and O–H groups in total. The lowest BCUT2D eigenvalue weighted by Gasteiger charge is -2.70. The van der Waals surface area contributed by atoms with Crippen LogP contribution >= 0.6 is 12.4 Å². The van der Waals surface area contributed by atoms with E-state index in [9.17, 15) is 23.2 Å². The molecule has 2 aromatic carbocycles. The first-order valence-corrected chi connectivity index (χ1v) is 23.7. The standard InChI is InChI=1S/C28H34FN3O4.C23H26FN3O2.ClH/c1-15(24(33)31-27-12-28(13-27,14-27)32-25(34)36-26(2,3)4)23-18-10-17(11-19(18)23)35-22-7-8-30-21-6-5-16(29)9-20(21)22;1-12(21(28)27-23-9-22(25,10-23)11-23)20-15-7-14(8-16(15)20)29-19-4-5-26-18-3-2-13(24)6-17(18)19;/h5-9,15,17-19,23H,10-14H2,1-4H3,(H,31,33)(H,32,34);2-6,12,14-16,20H,7-11,25H2,1H3,(H,27,28);1H/t15?,17?,18-,19+,23?,27?,28?;12?,14?,15-,16+,20?,22?,23?;. The summed E-state index contributed by atoms with van der Waals surface area (Å²) >= 11 is 0. The number of halogens is 3. The molecule has 14 rings (SSSR count). The first-order chi connectivity index (χ1) is 30.8. The highest BCUT2D eigenvalue weighted by Crippen LogP contribution is 2.64. The van der Waals surface area contributed by atoms with Crippen molar-refractivity contribution in [2.24, 2.45) is 53.1 Å². The number of aromatic nitrogens is 2. The average molecular weight is 928 g/mol. The number of carbonyl (C=O) groups is 3. The molecule has 0 spiro atoms. The van der Waals surface area contributed by atoms with Crippen molar-refractivity contribution in [1.29, 1.82) is 0 Å². The molecule has 10 aliphatic rings. The molecule has 6 unspecified atom stereocenters. The maximum Gasteiger partial charge on any atom is 0.408 e. The van der Waals surface area contributed by atoms with Gasteiger partial charge in [-0.25, -0.2) is 13.6 Å². The van der Waals surface area contributed by atoms with E-state index in [0.717, 1.165) is 75.2 Å². The Kier molecular flexibility index (Phi) is 10.6. The van der Waals surface area contributed by atoms with Crippen LogP contribution in [0, 0.1) is 59.0 Å². The van der Waals surface area contributed by atoms with Crippen LogP contribution in [0.5, 0.6) is 11.5 Å². The number of benzene rings is 2. The zero-order chi connectivity index (χ0) is 45.4. The highest BCUT2D eigenvalue weighted by molar-refractivity contribution is 5.86. The number of pyridine rings is 2. The van der Waals surface area contributed by atoms with Gasteiger partial charge < -0.3 is 35.9 Å². The van der Waals surface area contributed by atoms with Crippen LogP contribution in [0.2, 0.25) is 0 Å². The summed E-state index contributed by atoms with van der Waals surface area (Å²) in [4.78, 5) is 46.5. The van der Waals surface area contributed by atoms with Crippen molar-refractivity contribution in [2.75, 3.05) is 0 Å². The molecule has 10 aliphatic carbocycles. The van der Waals surface area contributed by atoms with Gasteiger partial charge in [0, 0.05) is 51.6 Å². The van der Waals surface area contributed by atoms with Gasteiger partial charge in [-0.3, -0.25) is 19.6 Å². The number of ether oxygens (including phenoxy) is 3. The van der Waals surface area contributed by atoms with Crippen molar-refractivity contribution in [1.82, 2.24) is 25.9 Å². The molecule has 66 heavy (non-hydrogen) atoms. The molecule has 0 saturated heterocycles. The zero-order valence-electron chi connectivity index (χ0n) is 38.2. The molecule has 2 heterocycles. The largest absolute Gasteiger partial charge is 0.490 e. The van der Waals surface area contributed by atoms with Crippen LogP contribution in [0.15, 0.2) is 60.9 Å². The number of nitrogens with zero attached hydrogens (tertiary/aromatic N) is 2. The zero-order valence-corrected chi connectivity index (χ0v) is 39.0. The Balaban J connectivity index is 0.000000156. The maximum absolute atomic E-state index is 13.8. The summed E-state index contributed by atoms with van der Waals surface area (Å²) in [5.74, 6) is 4.05. The Bertz CT molecular complexity index is 2560. The lowest BCUT2D eigenvalue weighted by atomic mass is 9.44. The molecule has 4 aromatic rings. The highest BCUT2D eigenvalue weighted by Gasteiger charge is 2.71. The van der Waals surface area contributed by atoms with Crippen molar-refractivity contribution >= 4 is 52.1 Å². The molecule has 15 heteroatoms. The van der Waals surface area contributed by atoms with Gasteiger partial charge in [0.2, 0.25) is 11.8 Å². The first-order valence-electron chi connectivity index (χ1n) is 23.7. The molecule has 10 saturated carbocycles. The fourth-order valence-corrected chi connectivity index (χ4v) is 13.8. The fourth-order valence-electron chi connectivity index (χ4n) is 13.8. The van der Waals surface area contributed by atoms with Crippen molar-refractivity contribution in [2.45, 2.75) is 139 Å². The second-order valence-electron chi connectivity index (χ2n) is 22.6. The molecule has 10 atom stereocenters. The molecule has 0 radical (unpaired) electrons. The Morgan fingerprint density at radius 2 is 1.05 bits per heavy atom. The second kappa shape index (κ2) is 15.6. The predicted octanol–water partition coefficient (Wildman–Crippen LogP) is 8.31. The molecular weight excluding hydrogens is 866 g/mol. The van der Waals surface area contributed by atoms with Crippen LogP contribution in [-0.4, -0.2) is 67.8 Å². The van der Waals surface area contributed by atoms with Crippen LogP contribution in [0.25, 0.3) is 21.8 Å². The third-order valence-electron chi connectivity index (χ3n) is 16.5. The quantitative estimate of drug-likeness (QED) is 0.116. The van der Waals surface area contributed by atoms with Gasteiger partial charge in [0.15, 0.2) is 0 Å². The minimum Gasteiger partial charge on any atom is -0.490 e. The first kappa shape index (κ1) is 45.0. The highest BCUT2D eigenvalue weighted by atomic mass is 35.5. The Morgan fingerprint density at radius 3 is 1.44 bits per heavy atom. The summed E-state index contributed by atoms with van der Waals surface area (Å²) in [7, 11) is 0. The molecule has 0 aliphatic heterocycles. The van der Waals surface area contributed by atoms with E-state index in [4.69, 9.17) is 19.9 Å².